The maximum Gasteiger partial charge on any atom is 0.261 e. The molecule has 140 valence electrons. The van der Waals surface area contributed by atoms with E-state index < -0.39 is 0 Å². The van der Waals surface area contributed by atoms with Crippen LogP contribution in [0.2, 0.25) is 0 Å². The minimum Gasteiger partial charge on any atom is -0.336 e. The van der Waals surface area contributed by atoms with Crippen molar-refractivity contribution in [2.24, 2.45) is 0 Å². The van der Waals surface area contributed by atoms with Crippen molar-refractivity contribution in [3.63, 3.8) is 0 Å². The maximum absolute atomic E-state index is 12.9. The molecular weight excluding hydrogens is 340 g/mol. The van der Waals surface area contributed by atoms with Gasteiger partial charge in [0.1, 0.15) is 0 Å². The Labute approximate surface area is 159 Å². The first-order chi connectivity index (χ1) is 13.0. The van der Waals surface area contributed by atoms with E-state index in [-0.39, 0.29) is 36.7 Å². The van der Waals surface area contributed by atoms with E-state index in [1.807, 2.05) is 49.1 Å². The smallest absolute Gasteiger partial charge is 0.261 e. The van der Waals surface area contributed by atoms with Gasteiger partial charge in [0.2, 0.25) is 5.91 Å². The third-order valence-electron chi connectivity index (χ3n) is 5.07. The van der Waals surface area contributed by atoms with Crippen LogP contribution in [0, 0.1) is 0 Å². The molecule has 0 spiro atoms. The van der Waals surface area contributed by atoms with Crippen molar-refractivity contribution in [1.82, 2.24) is 9.80 Å². The van der Waals surface area contributed by atoms with Crippen LogP contribution < -0.4 is 0 Å². The molecule has 1 aliphatic rings. The normalized spacial score (nSPS) is 14.2. The maximum atomic E-state index is 12.9. The van der Waals surface area contributed by atoms with Crippen molar-refractivity contribution in [1.29, 1.82) is 0 Å². The molecular formula is C22H24N2O3. The molecule has 0 N–H and O–H groups in total. The monoisotopic (exact) mass is 364 g/mol. The van der Waals surface area contributed by atoms with Gasteiger partial charge in [-0.25, -0.2) is 0 Å². The average molecular weight is 364 g/mol. The fourth-order valence-corrected chi connectivity index (χ4v) is 3.28. The van der Waals surface area contributed by atoms with E-state index in [9.17, 15) is 14.4 Å². The summed E-state index contributed by atoms with van der Waals surface area (Å²) in [5.41, 5.74) is 1.89. The molecule has 2 aromatic carbocycles. The highest BCUT2D eigenvalue weighted by Crippen LogP contribution is 2.23. The van der Waals surface area contributed by atoms with Crippen molar-refractivity contribution in [2.45, 2.75) is 39.3 Å². The Morgan fingerprint density at radius 1 is 0.963 bits per heavy atom. The van der Waals surface area contributed by atoms with E-state index in [1.54, 1.807) is 24.3 Å². The second kappa shape index (κ2) is 8.16. The fourth-order valence-electron chi connectivity index (χ4n) is 3.28. The zero-order chi connectivity index (χ0) is 19.4. The van der Waals surface area contributed by atoms with E-state index in [0.29, 0.717) is 17.7 Å². The molecule has 5 heteroatoms. The summed E-state index contributed by atoms with van der Waals surface area (Å²) in [4.78, 5) is 40.8. The zero-order valence-electron chi connectivity index (χ0n) is 15.7. The lowest BCUT2D eigenvalue weighted by molar-refractivity contribution is -0.134. The molecule has 0 saturated carbocycles. The molecule has 0 aromatic heterocycles. The molecule has 2 aromatic rings. The van der Waals surface area contributed by atoms with Crippen molar-refractivity contribution in [3.8, 4) is 0 Å². The summed E-state index contributed by atoms with van der Waals surface area (Å²) in [5, 5.41) is 0. The summed E-state index contributed by atoms with van der Waals surface area (Å²) in [5.74, 6) is -0.687. The second-order valence-electron chi connectivity index (χ2n) is 6.82. The first kappa shape index (κ1) is 18.8. The van der Waals surface area contributed by atoms with Crippen LogP contribution in [-0.2, 0) is 11.3 Å². The predicted octanol–water partition coefficient (Wildman–Crippen LogP) is 3.50. The van der Waals surface area contributed by atoms with Crippen molar-refractivity contribution < 1.29 is 14.4 Å². The molecule has 0 fully saturated rings. The number of fused-ring (bicyclic) bond motifs is 1. The molecule has 1 heterocycles. The van der Waals surface area contributed by atoms with E-state index in [1.165, 1.54) is 4.90 Å². The largest absolute Gasteiger partial charge is 0.336 e. The van der Waals surface area contributed by atoms with Gasteiger partial charge in [0.05, 0.1) is 11.1 Å². The first-order valence-electron chi connectivity index (χ1n) is 9.31. The molecule has 0 saturated heterocycles. The number of imide groups is 1. The summed E-state index contributed by atoms with van der Waals surface area (Å²) in [7, 11) is 0. The van der Waals surface area contributed by atoms with Crippen molar-refractivity contribution in [2.75, 3.05) is 6.54 Å². The van der Waals surface area contributed by atoms with Crippen LogP contribution in [0.5, 0.6) is 0 Å². The molecule has 1 unspecified atom stereocenters. The number of carbonyl (C=O) groups is 3. The van der Waals surface area contributed by atoms with Crippen LogP contribution in [0.3, 0.4) is 0 Å². The van der Waals surface area contributed by atoms with E-state index in [2.05, 4.69) is 0 Å². The van der Waals surface area contributed by atoms with Crippen LogP contribution in [0.25, 0.3) is 0 Å². The lowest BCUT2D eigenvalue weighted by Gasteiger charge is -2.29. The summed E-state index contributed by atoms with van der Waals surface area (Å²) in [6, 6.07) is 16.7. The molecule has 0 aliphatic carbocycles. The molecule has 1 aliphatic heterocycles. The third kappa shape index (κ3) is 3.92. The molecule has 1 atom stereocenters. The van der Waals surface area contributed by atoms with Gasteiger partial charge in [0.15, 0.2) is 0 Å². The van der Waals surface area contributed by atoms with Crippen molar-refractivity contribution >= 4 is 17.7 Å². The number of nitrogens with zero attached hydrogens (tertiary/aromatic N) is 2. The van der Waals surface area contributed by atoms with Gasteiger partial charge < -0.3 is 4.90 Å². The minimum atomic E-state index is -0.318. The Bertz CT molecular complexity index is 813. The SMILES string of the molecule is CCC(C)N(Cc1ccccc1)C(=O)CCN1C(=O)c2ccccc2C1=O. The summed E-state index contributed by atoms with van der Waals surface area (Å²) in [6.07, 6.45) is 0.967. The van der Waals surface area contributed by atoms with Gasteiger partial charge in [0.25, 0.3) is 11.8 Å². The van der Waals surface area contributed by atoms with Gasteiger partial charge >= 0.3 is 0 Å². The molecule has 3 amide bonds. The van der Waals surface area contributed by atoms with Gasteiger partial charge in [0, 0.05) is 25.6 Å². The van der Waals surface area contributed by atoms with Gasteiger partial charge in [-0.3, -0.25) is 19.3 Å². The molecule has 0 bridgehead atoms. The quantitative estimate of drug-likeness (QED) is 0.707. The summed E-state index contributed by atoms with van der Waals surface area (Å²) < 4.78 is 0. The Balaban J connectivity index is 1.68. The number of hydrogen-bond acceptors (Lipinski definition) is 3. The second-order valence-corrected chi connectivity index (χ2v) is 6.82. The zero-order valence-corrected chi connectivity index (χ0v) is 15.7. The van der Waals surface area contributed by atoms with Crippen LogP contribution >= 0.6 is 0 Å². The van der Waals surface area contributed by atoms with Gasteiger partial charge in [-0.15, -0.1) is 0 Å². The highest BCUT2D eigenvalue weighted by Gasteiger charge is 2.35. The number of benzene rings is 2. The Morgan fingerprint density at radius 2 is 1.52 bits per heavy atom. The van der Waals surface area contributed by atoms with E-state index >= 15 is 0 Å². The van der Waals surface area contributed by atoms with Crippen LogP contribution in [-0.4, -0.2) is 40.1 Å². The third-order valence-corrected chi connectivity index (χ3v) is 5.07. The highest BCUT2D eigenvalue weighted by molar-refractivity contribution is 6.21. The number of rotatable bonds is 7. The van der Waals surface area contributed by atoms with Crippen LogP contribution in [0.4, 0.5) is 0 Å². The van der Waals surface area contributed by atoms with E-state index in [4.69, 9.17) is 0 Å². The first-order valence-corrected chi connectivity index (χ1v) is 9.31. The standard InChI is InChI=1S/C22H24N2O3/c1-3-16(2)24(15-17-9-5-4-6-10-17)20(25)13-14-23-21(26)18-11-7-8-12-19(18)22(23)27/h4-12,16H,3,13-15H2,1-2H3. The molecule has 5 nitrogen and oxygen atoms in total. The van der Waals surface area contributed by atoms with Gasteiger partial charge in [-0.05, 0) is 31.0 Å². The Kier molecular flexibility index (Phi) is 5.69. The Hall–Kier alpha value is -2.95. The van der Waals surface area contributed by atoms with Crippen LogP contribution in [0.15, 0.2) is 54.6 Å². The Morgan fingerprint density at radius 3 is 2.07 bits per heavy atom. The summed E-state index contributed by atoms with van der Waals surface area (Å²) >= 11 is 0. The van der Waals surface area contributed by atoms with Crippen molar-refractivity contribution in [3.05, 3.63) is 71.3 Å². The average Bonchev–Trinajstić information content (AvgIpc) is 2.95. The molecule has 3 rings (SSSR count). The van der Waals surface area contributed by atoms with Gasteiger partial charge in [-0.2, -0.15) is 0 Å². The lowest BCUT2D eigenvalue weighted by Crippen LogP contribution is -2.40. The minimum absolute atomic E-state index is 0.0511. The molecule has 27 heavy (non-hydrogen) atoms. The lowest BCUT2D eigenvalue weighted by atomic mass is 10.1. The number of carbonyl (C=O) groups excluding carboxylic acids is 3. The number of hydrogen-bond donors (Lipinski definition) is 0. The van der Waals surface area contributed by atoms with Gasteiger partial charge in [-0.1, -0.05) is 49.4 Å². The van der Waals surface area contributed by atoms with E-state index in [0.717, 1.165) is 12.0 Å². The number of amides is 3. The fraction of sp³-hybridized carbons (Fsp3) is 0.318. The highest BCUT2D eigenvalue weighted by atomic mass is 16.2. The van der Waals surface area contributed by atoms with Crippen LogP contribution in [0.1, 0.15) is 53.0 Å². The topological polar surface area (TPSA) is 57.7 Å². The predicted molar refractivity (Wildman–Crippen MR) is 103 cm³/mol. The summed E-state index contributed by atoms with van der Waals surface area (Å²) in [6.45, 7) is 4.69. The molecule has 0 radical (unpaired) electrons.